The van der Waals surface area contributed by atoms with Crippen molar-refractivity contribution < 1.29 is 14.3 Å². The van der Waals surface area contributed by atoms with Crippen LogP contribution in [0.2, 0.25) is 5.02 Å². The molecule has 6 rings (SSSR count). The van der Waals surface area contributed by atoms with Gasteiger partial charge in [0.05, 0.1) is 17.4 Å². The van der Waals surface area contributed by atoms with Crippen molar-refractivity contribution in [2.24, 2.45) is 0 Å². The summed E-state index contributed by atoms with van der Waals surface area (Å²) in [6.07, 6.45) is 4.23. The van der Waals surface area contributed by atoms with Crippen molar-refractivity contribution in [3.63, 3.8) is 0 Å². The molecule has 1 amide bonds. The largest absolute Gasteiger partial charge is 0.489 e. The number of carbonyl (C=O) groups excluding carboxylic acids is 2. The molecule has 1 fully saturated rings. The first-order valence-electron chi connectivity index (χ1n) is 15.4. The van der Waals surface area contributed by atoms with Gasteiger partial charge in [0.15, 0.2) is 5.78 Å². The van der Waals surface area contributed by atoms with Crippen LogP contribution in [0.15, 0.2) is 97.2 Å². The lowest BCUT2D eigenvalue weighted by Crippen LogP contribution is -2.25. The Morgan fingerprint density at radius 3 is 2.57 bits per heavy atom. The molecular formula is C37H36ClN5O3. The predicted octanol–water partition coefficient (Wildman–Crippen LogP) is 6.45. The molecule has 0 radical (unpaired) electrons. The number of anilines is 1. The summed E-state index contributed by atoms with van der Waals surface area (Å²) in [5, 5.41) is 11.6. The fourth-order valence-electron chi connectivity index (χ4n) is 5.25. The van der Waals surface area contributed by atoms with Crippen LogP contribution in [0.4, 0.5) is 5.82 Å². The number of nitrogens with one attached hydrogen (secondary N) is 2. The van der Waals surface area contributed by atoms with Crippen LogP contribution in [0.5, 0.6) is 5.75 Å². The lowest BCUT2D eigenvalue weighted by molar-refractivity contribution is 0.0950. The Labute approximate surface area is 273 Å². The summed E-state index contributed by atoms with van der Waals surface area (Å²) in [5.41, 5.74) is 12.5. The topological polar surface area (TPSA) is 111 Å². The highest BCUT2D eigenvalue weighted by Gasteiger charge is 2.25. The molecule has 5 aromatic rings. The molecule has 0 unspecified atom stereocenters. The summed E-state index contributed by atoms with van der Waals surface area (Å²) in [4.78, 5) is 26.2. The number of aromatic nitrogens is 2. The van der Waals surface area contributed by atoms with E-state index in [1.807, 2.05) is 79.7 Å². The van der Waals surface area contributed by atoms with E-state index in [1.165, 1.54) is 10.9 Å². The first-order chi connectivity index (χ1) is 22.4. The molecule has 9 heteroatoms. The van der Waals surface area contributed by atoms with Gasteiger partial charge in [-0.15, -0.1) is 0 Å². The molecular weight excluding hydrogens is 598 g/mol. The Morgan fingerprint density at radius 2 is 1.76 bits per heavy atom. The van der Waals surface area contributed by atoms with Gasteiger partial charge in [-0.05, 0) is 91.4 Å². The predicted molar refractivity (Wildman–Crippen MR) is 181 cm³/mol. The van der Waals surface area contributed by atoms with Crippen LogP contribution >= 0.6 is 11.6 Å². The van der Waals surface area contributed by atoms with E-state index >= 15 is 0 Å². The maximum atomic E-state index is 13.6. The van der Waals surface area contributed by atoms with E-state index in [0.717, 1.165) is 47.3 Å². The molecule has 0 bridgehead atoms. The van der Waals surface area contributed by atoms with Gasteiger partial charge in [0.1, 0.15) is 18.2 Å². The molecule has 0 atom stereocenters. The van der Waals surface area contributed by atoms with E-state index in [9.17, 15) is 9.59 Å². The summed E-state index contributed by atoms with van der Waals surface area (Å²) < 4.78 is 7.62. The summed E-state index contributed by atoms with van der Waals surface area (Å²) >= 11 is 6.29. The van der Waals surface area contributed by atoms with Gasteiger partial charge in [0.25, 0.3) is 5.91 Å². The minimum absolute atomic E-state index is 0.124. The molecule has 0 spiro atoms. The molecule has 1 aliphatic carbocycles. The van der Waals surface area contributed by atoms with Gasteiger partial charge in [-0.25, -0.2) is 4.68 Å². The Morgan fingerprint density at radius 1 is 0.957 bits per heavy atom. The van der Waals surface area contributed by atoms with Gasteiger partial charge in [-0.3, -0.25) is 9.59 Å². The third kappa shape index (κ3) is 7.47. The third-order valence-electron chi connectivity index (χ3n) is 8.01. The minimum atomic E-state index is -0.218. The number of ketones is 1. The molecule has 1 heterocycles. The number of nitrogens with two attached hydrogens (primary N) is 1. The number of ether oxygens (including phenoxy) is 1. The second kappa shape index (κ2) is 14.0. The Balaban J connectivity index is 1.09. The number of hydrogen-bond donors (Lipinski definition) is 3. The monoisotopic (exact) mass is 633 g/mol. The maximum absolute atomic E-state index is 13.6. The molecule has 4 aromatic carbocycles. The van der Waals surface area contributed by atoms with E-state index in [0.29, 0.717) is 47.1 Å². The van der Waals surface area contributed by atoms with Gasteiger partial charge in [0.2, 0.25) is 0 Å². The van der Waals surface area contributed by atoms with Gasteiger partial charge in [0, 0.05) is 28.7 Å². The fraction of sp³-hybridized carbons (Fsp3) is 0.216. The number of halogens is 1. The second-order valence-corrected chi connectivity index (χ2v) is 12.0. The van der Waals surface area contributed by atoms with Gasteiger partial charge < -0.3 is 21.1 Å². The van der Waals surface area contributed by atoms with Crippen LogP contribution < -0.4 is 21.1 Å². The third-order valence-corrected chi connectivity index (χ3v) is 8.25. The number of rotatable bonds is 13. The lowest BCUT2D eigenvalue weighted by atomic mass is 10.0. The van der Waals surface area contributed by atoms with E-state index in [1.54, 1.807) is 18.2 Å². The normalized spacial score (nSPS) is 12.6. The standard InChI is InChI=1S/C37H36ClN5O3/c1-24-10-11-29(37(45)42-31-13-14-31)20-33(24)43-36(39)32(22-41-43)35(44)28-9-5-8-26(18-28)21-40-17-16-27-19-30(38)12-15-34(27)46-23-25-6-3-2-4-7-25/h2-12,15,18-20,22,31,40H,13-14,16-17,21,23,39H2,1H3,(H,42,45). The van der Waals surface area contributed by atoms with Crippen molar-refractivity contribution in [3.05, 3.63) is 141 Å². The summed E-state index contributed by atoms with van der Waals surface area (Å²) in [5.74, 6) is 0.693. The molecule has 4 N–H and O–H groups in total. The van der Waals surface area contributed by atoms with Crippen LogP contribution in [-0.2, 0) is 19.6 Å². The average molecular weight is 634 g/mol. The van der Waals surface area contributed by atoms with Crippen molar-refractivity contribution in [1.29, 1.82) is 0 Å². The van der Waals surface area contributed by atoms with E-state index in [4.69, 9.17) is 22.1 Å². The highest BCUT2D eigenvalue weighted by atomic mass is 35.5. The van der Waals surface area contributed by atoms with Gasteiger partial charge in [-0.1, -0.05) is 66.2 Å². The molecule has 0 aliphatic heterocycles. The fourth-order valence-corrected chi connectivity index (χ4v) is 5.45. The van der Waals surface area contributed by atoms with Crippen molar-refractivity contribution in [2.75, 3.05) is 12.3 Å². The van der Waals surface area contributed by atoms with Crippen molar-refractivity contribution in [3.8, 4) is 11.4 Å². The number of benzene rings is 4. The molecule has 234 valence electrons. The van der Waals surface area contributed by atoms with Crippen molar-refractivity contribution >= 4 is 29.1 Å². The number of carbonyl (C=O) groups is 2. The summed E-state index contributed by atoms with van der Waals surface area (Å²) in [7, 11) is 0. The van der Waals surface area contributed by atoms with Crippen molar-refractivity contribution in [1.82, 2.24) is 20.4 Å². The molecule has 1 saturated carbocycles. The number of hydrogen-bond acceptors (Lipinski definition) is 6. The maximum Gasteiger partial charge on any atom is 0.251 e. The Kier molecular flexibility index (Phi) is 9.47. The zero-order valence-corrected chi connectivity index (χ0v) is 26.4. The van der Waals surface area contributed by atoms with E-state index < -0.39 is 0 Å². The lowest BCUT2D eigenvalue weighted by Gasteiger charge is -2.13. The number of nitrogen functional groups attached to an aromatic ring is 1. The Hall–Kier alpha value is -4.92. The zero-order valence-electron chi connectivity index (χ0n) is 25.6. The highest BCUT2D eigenvalue weighted by molar-refractivity contribution is 6.30. The highest BCUT2D eigenvalue weighted by Crippen LogP contribution is 2.26. The van der Waals surface area contributed by atoms with Crippen LogP contribution in [0.25, 0.3) is 5.69 Å². The minimum Gasteiger partial charge on any atom is -0.489 e. The van der Waals surface area contributed by atoms with Crippen LogP contribution in [0.1, 0.15) is 61.4 Å². The number of aryl methyl sites for hydroxylation is 1. The first-order valence-corrected chi connectivity index (χ1v) is 15.8. The molecule has 1 aromatic heterocycles. The smallest absolute Gasteiger partial charge is 0.251 e. The second-order valence-electron chi connectivity index (χ2n) is 11.6. The number of amides is 1. The molecule has 46 heavy (non-hydrogen) atoms. The van der Waals surface area contributed by atoms with Crippen LogP contribution in [0, 0.1) is 6.92 Å². The van der Waals surface area contributed by atoms with E-state index in [-0.39, 0.29) is 23.6 Å². The Bertz CT molecular complexity index is 1870. The number of nitrogens with zero attached hydrogens (tertiary/aromatic N) is 2. The van der Waals surface area contributed by atoms with Gasteiger partial charge in [-0.2, -0.15) is 5.10 Å². The first kappa shape index (κ1) is 31.1. The van der Waals surface area contributed by atoms with E-state index in [2.05, 4.69) is 15.7 Å². The molecule has 1 aliphatic rings. The summed E-state index contributed by atoms with van der Waals surface area (Å²) in [6.45, 7) is 3.67. The summed E-state index contributed by atoms with van der Waals surface area (Å²) in [6, 6.07) is 28.9. The SMILES string of the molecule is Cc1ccc(C(=O)NC2CC2)cc1-n1ncc(C(=O)c2cccc(CNCCc3cc(Cl)ccc3OCc3ccccc3)c2)c1N. The van der Waals surface area contributed by atoms with Crippen LogP contribution in [0.3, 0.4) is 0 Å². The van der Waals surface area contributed by atoms with Crippen LogP contribution in [-0.4, -0.2) is 34.1 Å². The average Bonchev–Trinajstić information content (AvgIpc) is 3.81. The van der Waals surface area contributed by atoms with Gasteiger partial charge >= 0.3 is 0 Å². The molecule has 0 saturated heterocycles. The zero-order chi connectivity index (χ0) is 32.0. The molecule has 8 nitrogen and oxygen atoms in total. The quantitative estimate of drug-likeness (QED) is 0.102. The van der Waals surface area contributed by atoms with Crippen molar-refractivity contribution in [2.45, 2.75) is 45.4 Å².